The molecule has 1 aromatic carbocycles. The minimum Gasteiger partial charge on any atom is -0.494 e. The van der Waals surface area contributed by atoms with E-state index >= 15 is 0 Å². The molecule has 118 valence electrons. The number of benzene rings is 1. The second kappa shape index (κ2) is 7.20. The maximum absolute atomic E-state index is 13.9. The zero-order valence-electron chi connectivity index (χ0n) is 13.2. The molecule has 0 spiro atoms. The fourth-order valence-electron chi connectivity index (χ4n) is 3.07. The summed E-state index contributed by atoms with van der Waals surface area (Å²) in [4.78, 5) is 4.63. The van der Waals surface area contributed by atoms with Crippen molar-refractivity contribution in [1.82, 2.24) is 9.80 Å². The minimum absolute atomic E-state index is 0.0631. The number of methoxy groups -OCH3 is 1. The quantitative estimate of drug-likeness (QED) is 0.900. The molecular formula is C16H26FN3O. The average molecular weight is 295 g/mol. The van der Waals surface area contributed by atoms with Crippen LogP contribution in [0.3, 0.4) is 0 Å². The van der Waals surface area contributed by atoms with Crippen LogP contribution >= 0.6 is 0 Å². The summed E-state index contributed by atoms with van der Waals surface area (Å²) in [5.74, 6) is -0.0473. The fourth-order valence-corrected chi connectivity index (χ4v) is 3.07. The molecular weight excluding hydrogens is 269 g/mol. The molecule has 0 radical (unpaired) electrons. The second-order valence-electron chi connectivity index (χ2n) is 5.90. The predicted octanol–water partition coefficient (Wildman–Crippen LogP) is 1.86. The molecule has 2 unspecified atom stereocenters. The van der Waals surface area contributed by atoms with Crippen LogP contribution in [0.15, 0.2) is 18.2 Å². The van der Waals surface area contributed by atoms with Crippen molar-refractivity contribution in [2.24, 2.45) is 5.73 Å². The normalized spacial score (nSPS) is 21.5. The summed E-state index contributed by atoms with van der Waals surface area (Å²) in [6.45, 7) is 2.48. The predicted molar refractivity (Wildman–Crippen MR) is 83.0 cm³/mol. The Kier molecular flexibility index (Phi) is 5.56. The molecule has 1 heterocycles. The maximum atomic E-state index is 13.9. The second-order valence-corrected chi connectivity index (χ2v) is 5.90. The molecule has 2 atom stereocenters. The summed E-state index contributed by atoms with van der Waals surface area (Å²) in [6, 6.07) is 5.75. The molecule has 0 aromatic heterocycles. The van der Waals surface area contributed by atoms with Crippen molar-refractivity contribution < 1.29 is 9.13 Å². The molecule has 1 saturated heterocycles. The number of hydrogen-bond donors (Lipinski definition) is 1. The van der Waals surface area contributed by atoms with E-state index in [1.165, 1.54) is 13.5 Å². The SMILES string of the molecule is COc1ccc(C(CN)N2CCCC(N(C)C)C2)cc1F. The van der Waals surface area contributed by atoms with Crippen molar-refractivity contribution in [2.45, 2.75) is 24.9 Å². The van der Waals surface area contributed by atoms with Gasteiger partial charge in [-0.05, 0) is 51.2 Å². The molecule has 0 amide bonds. The lowest BCUT2D eigenvalue weighted by Gasteiger charge is -2.40. The Morgan fingerprint density at radius 1 is 1.48 bits per heavy atom. The Labute approximate surface area is 126 Å². The Morgan fingerprint density at radius 3 is 2.81 bits per heavy atom. The van der Waals surface area contributed by atoms with E-state index in [0.717, 1.165) is 25.1 Å². The standard InChI is InChI=1S/C16H26FN3O/c1-19(2)13-5-4-8-20(11-13)15(10-18)12-6-7-16(21-3)14(17)9-12/h6-7,9,13,15H,4-5,8,10-11,18H2,1-3H3. The number of nitrogens with zero attached hydrogens (tertiary/aromatic N) is 2. The van der Waals surface area contributed by atoms with Gasteiger partial charge in [0.15, 0.2) is 11.6 Å². The van der Waals surface area contributed by atoms with E-state index in [1.54, 1.807) is 12.1 Å². The smallest absolute Gasteiger partial charge is 0.165 e. The van der Waals surface area contributed by atoms with Crippen molar-refractivity contribution in [1.29, 1.82) is 0 Å². The van der Waals surface area contributed by atoms with Gasteiger partial charge in [0.05, 0.1) is 7.11 Å². The number of likely N-dealkylation sites (N-methyl/N-ethyl adjacent to an activating group) is 1. The van der Waals surface area contributed by atoms with Crippen LogP contribution in [0.4, 0.5) is 4.39 Å². The average Bonchev–Trinajstić information content (AvgIpc) is 2.48. The third-order valence-electron chi connectivity index (χ3n) is 4.38. The number of nitrogens with two attached hydrogens (primary N) is 1. The molecule has 1 aromatic rings. The van der Waals surface area contributed by atoms with Crippen LogP contribution in [0.25, 0.3) is 0 Å². The first kappa shape index (κ1) is 16.2. The molecule has 1 aliphatic heterocycles. The topological polar surface area (TPSA) is 41.7 Å². The Hall–Kier alpha value is -1.17. The van der Waals surface area contributed by atoms with E-state index in [-0.39, 0.29) is 17.6 Å². The number of piperidine rings is 1. The highest BCUT2D eigenvalue weighted by Crippen LogP contribution is 2.28. The summed E-state index contributed by atoms with van der Waals surface area (Å²) in [6.07, 6.45) is 2.36. The molecule has 0 aliphatic carbocycles. The summed E-state index contributed by atoms with van der Waals surface area (Å²) in [7, 11) is 5.70. The van der Waals surface area contributed by atoms with Gasteiger partial charge in [-0.25, -0.2) is 4.39 Å². The highest BCUT2D eigenvalue weighted by atomic mass is 19.1. The maximum Gasteiger partial charge on any atom is 0.165 e. The first-order chi connectivity index (χ1) is 10.1. The van der Waals surface area contributed by atoms with Gasteiger partial charge in [-0.15, -0.1) is 0 Å². The highest BCUT2D eigenvalue weighted by Gasteiger charge is 2.27. The van der Waals surface area contributed by atoms with Crippen LogP contribution in [-0.2, 0) is 0 Å². The van der Waals surface area contributed by atoms with E-state index in [2.05, 4.69) is 23.9 Å². The van der Waals surface area contributed by atoms with E-state index in [4.69, 9.17) is 10.5 Å². The lowest BCUT2D eigenvalue weighted by Crippen LogP contribution is -2.47. The lowest BCUT2D eigenvalue weighted by molar-refractivity contribution is 0.0982. The van der Waals surface area contributed by atoms with Crippen molar-refractivity contribution in [3.63, 3.8) is 0 Å². The molecule has 21 heavy (non-hydrogen) atoms. The number of likely N-dealkylation sites (tertiary alicyclic amines) is 1. The molecule has 2 N–H and O–H groups in total. The summed E-state index contributed by atoms with van der Waals surface area (Å²) < 4.78 is 18.9. The van der Waals surface area contributed by atoms with Crippen LogP contribution in [0.5, 0.6) is 5.75 Å². The zero-order chi connectivity index (χ0) is 15.4. The van der Waals surface area contributed by atoms with Gasteiger partial charge in [-0.3, -0.25) is 4.90 Å². The summed E-state index contributed by atoms with van der Waals surface area (Å²) in [5.41, 5.74) is 6.89. The number of rotatable bonds is 5. The van der Waals surface area contributed by atoms with Gasteiger partial charge in [-0.2, -0.15) is 0 Å². The van der Waals surface area contributed by atoms with Crippen molar-refractivity contribution >= 4 is 0 Å². The van der Waals surface area contributed by atoms with Crippen molar-refractivity contribution in [3.05, 3.63) is 29.6 Å². The van der Waals surface area contributed by atoms with Gasteiger partial charge >= 0.3 is 0 Å². The molecule has 0 saturated carbocycles. The van der Waals surface area contributed by atoms with E-state index < -0.39 is 0 Å². The number of halogens is 1. The van der Waals surface area contributed by atoms with Crippen LogP contribution in [0.1, 0.15) is 24.4 Å². The molecule has 1 fully saturated rings. The van der Waals surface area contributed by atoms with Crippen molar-refractivity contribution in [2.75, 3.05) is 40.8 Å². The molecule has 2 rings (SSSR count). The zero-order valence-corrected chi connectivity index (χ0v) is 13.2. The number of hydrogen-bond acceptors (Lipinski definition) is 4. The molecule has 0 bridgehead atoms. The van der Waals surface area contributed by atoms with E-state index in [0.29, 0.717) is 12.6 Å². The largest absolute Gasteiger partial charge is 0.494 e. The summed E-state index contributed by atoms with van der Waals surface area (Å²) in [5, 5.41) is 0. The van der Waals surface area contributed by atoms with Gasteiger partial charge in [0, 0.05) is 25.2 Å². The lowest BCUT2D eigenvalue weighted by atomic mass is 9.98. The van der Waals surface area contributed by atoms with Gasteiger partial charge in [0.2, 0.25) is 0 Å². The van der Waals surface area contributed by atoms with Gasteiger partial charge < -0.3 is 15.4 Å². The van der Waals surface area contributed by atoms with Crippen LogP contribution in [0, 0.1) is 5.82 Å². The molecule has 4 nitrogen and oxygen atoms in total. The van der Waals surface area contributed by atoms with Crippen LogP contribution < -0.4 is 10.5 Å². The first-order valence-electron chi connectivity index (χ1n) is 7.50. The fraction of sp³-hybridized carbons (Fsp3) is 0.625. The Morgan fingerprint density at radius 2 is 2.24 bits per heavy atom. The summed E-state index contributed by atoms with van der Waals surface area (Å²) >= 11 is 0. The molecule has 5 heteroatoms. The van der Waals surface area contributed by atoms with E-state index in [1.807, 2.05) is 6.07 Å². The third-order valence-corrected chi connectivity index (χ3v) is 4.38. The molecule has 1 aliphatic rings. The van der Waals surface area contributed by atoms with Gasteiger partial charge in [0.25, 0.3) is 0 Å². The van der Waals surface area contributed by atoms with Crippen LogP contribution in [-0.4, -0.2) is 56.7 Å². The minimum atomic E-state index is -0.324. The monoisotopic (exact) mass is 295 g/mol. The van der Waals surface area contributed by atoms with Gasteiger partial charge in [-0.1, -0.05) is 6.07 Å². The van der Waals surface area contributed by atoms with E-state index in [9.17, 15) is 4.39 Å². The third kappa shape index (κ3) is 3.73. The first-order valence-corrected chi connectivity index (χ1v) is 7.50. The van der Waals surface area contributed by atoms with Crippen molar-refractivity contribution in [3.8, 4) is 5.75 Å². The Balaban J connectivity index is 2.17. The highest BCUT2D eigenvalue weighted by molar-refractivity contribution is 5.31. The number of ether oxygens (including phenoxy) is 1. The van der Waals surface area contributed by atoms with Gasteiger partial charge in [0.1, 0.15) is 0 Å². The van der Waals surface area contributed by atoms with Crippen LogP contribution in [0.2, 0.25) is 0 Å². The Bertz CT molecular complexity index is 467.